The maximum Gasteiger partial charge on any atom is 0.128 e. The fourth-order valence-corrected chi connectivity index (χ4v) is 2.62. The third-order valence-corrected chi connectivity index (χ3v) is 3.71. The van der Waals surface area contributed by atoms with Crippen LogP contribution in [0, 0.1) is 5.92 Å². The number of rotatable bonds is 1. The van der Waals surface area contributed by atoms with Gasteiger partial charge in [-0.05, 0) is 18.8 Å². The Bertz CT molecular complexity index is 203. The Kier molecular flexibility index (Phi) is 6.38. The van der Waals surface area contributed by atoms with E-state index < -0.39 is 6.17 Å². The Morgan fingerprint density at radius 2 is 1.82 bits per heavy atom. The molecule has 4 heteroatoms. The zero-order valence-corrected chi connectivity index (χ0v) is 11.4. The van der Waals surface area contributed by atoms with Gasteiger partial charge in [0.1, 0.15) is 6.17 Å². The molecule has 0 radical (unpaired) electrons. The first-order valence-electron chi connectivity index (χ1n) is 6.90. The Hall–Kier alpha value is -0.190. The molecule has 2 aliphatic rings. The van der Waals surface area contributed by atoms with Gasteiger partial charge in [0, 0.05) is 39.8 Å². The van der Waals surface area contributed by atoms with E-state index >= 15 is 0 Å². The van der Waals surface area contributed by atoms with E-state index in [0.29, 0.717) is 12.6 Å². The SMILES string of the molecule is CC.CC1CN(C2CCOCC2)CC(F)C1N.[HH]. The van der Waals surface area contributed by atoms with Crippen molar-refractivity contribution in [2.45, 2.75) is 51.9 Å². The number of hydrogen-bond acceptors (Lipinski definition) is 3. The summed E-state index contributed by atoms with van der Waals surface area (Å²) in [7, 11) is 0. The van der Waals surface area contributed by atoms with Crippen molar-refractivity contribution in [3.8, 4) is 0 Å². The van der Waals surface area contributed by atoms with E-state index in [1.54, 1.807) is 0 Å². The van der Waals surface area contributed by atoms with Gasteiger partial charge < -0.3 is 10.5 Å². The zero-order chi connectivity index (χ0) is 12.8. The van der Waals surface area contributed by atoms with Crippen LogP contribution in [-0.2, 0) is 4.74 Å². The van der Waals surface area contributed by atoms with E-state index in [1.165, 1.54) is 0 Å². The number of halogens is 1. The molecule has 0 amide bonds. The first-order chi connectivity index (χ1) is 8.18. The first kappa shape index (κ1) is 14.9. The summed E-state index contributed by atoms with van der Waals surface area (Å²) in [6.45, 7) is 9.13. The van der Waals surface area contributed by atoms with Crippen molar-refractivity contribution in [2.75, 3.05) is 26.3 Å². The predicted molar refractivity (Wildman–Crippen MR) is 70.9 cm³/mol. The Labute approximate surface area is 106 Å². The number of alkyl halides is 1. The van der Waals surface area contributed by atoms with Crippen molar-refractivity contribution in [3.63, 3.8) is 0 Å². The maximum absolute atomic E-state index is 13.6. The summed E-state index contributed by atoms with van der Waals surface area (Å²) in [4.78, 5) is 2.27. The number of piperidine rings is 1. The minimum atomic E-state index is -0.864. The molecule has 2 aliphatic heterocycles. The highest BCUT2D eigenvalue weighted by Gasteiger charge is 2.35. The average Bonchev–Trinajstić information content (AvgIpc) is 2.39. The van der Waals surface area contributed by atoms with Crippen molar-refractivity contribution in [1.29, 1.82) is 0 Å². The monoisotopic (exact) mass is 248 g/mol. The molecule has 0 spiro atoms. The lowest BCUT2D eigenvalue weighted by Gasteiger charge is -2.42. The smallest absolute Gasteiger partial charge is 0.128 e. The van der Waals surface area contributed by atoms with Crippen LogP contribution in [0.5, 0.6) is 0 Å². The topological polar surface area (TPSA) is 38.5 Å². The number of hydrogen-bond donors (Lipinski definition) is 1. The van der Waals surface area contributed by atoms with Gasteiger partial charge in [-0.3, -0.25) is 4.90 Å². The number of ether oxygens (including phenoxy) is 1. The average molecular weight is 248 g/mol. The molecule has 2 fully saturated rings. The maximum atomic E-state index is 13.6. The standard InChI is InChI=1S/C11H21FN2O.C2H6.H2/c1-8-6-14(7-10(12)11(8)13)9-2-4-15-5-3-9;1-2;/h8-11H,2-7,13H2,1H3;1-2H3;1H. The Morgan fingerprint density at radius 1 is 1.24 bits per heavy atom. The van der Waals surface area contributed by atoms with E-state index in [1.807, 2.05) is 20.8 Å². The normalized spacial score (nSPS) is 36.2. The van der Waals surface area contributed by atoms with Crippen LogP contribution >= 0.6 is 0 Å². The van der Waals surface area contributed by atoms with Gasteiger partial charge >= 0.3 is 0 Å². The molecular formula is C13H29FN2O. The molecule has 2 heterocycles. The van der Waals surface area contributed by atoms with Crippen molar-refractivity contribution < 1.29 is 10.6 Å². The van der Waals surface area contributed by atoms with Crippen molar-refractivity contribution in [3.05, 3.63) is 0 Å². The second-order valence-electron chi connectivity index (χ2n) is 4.87. The molecule has 2 rings (SSSR count). The van der Waals surface area contributed by atoms with Crippen LogP contribution in [0.3, 0.4) is 0 Å². The van der Waals surface area contributed by atoms with Crippen LogP contribution in [0.25, 0.3) is 0 Å². The van der Waals surface area contributed by atoms with Gasteiger partial charge in [0.15, 0.2) is 0 Å². The molecule has 0 aliphatic carbocycles. The Morgan fingerprint density at radius 3 is 2.35 bits per heavy atom. The van der Waals surface area contributed by atoms with E-state index in [9.17, 15) is 4.39 Å². The second-order valence-corrected chi connectivity index (χ2v) is 4.87. The Balaban J connectivity index is 0.000000917. The van der Waals surface area contributed by atoms with Crippen LogP contribution < -0.4 is 5.73 Å². The number of nitrogens with zero attached hydrogens (tertiary/aromatic N) is 1. The van der Waals surface area contributed by atoms with Gasteiger partial charge in [0.05, 0.1) is 0 Å². The van der Waals surface area contributed by atoms with Crippen LogP contribution in [0.15, 0.2) is 0 Å². The van der Waals surface area contributed by atoms with Crippen molar-refractivity contribution in [2.24, 2.45) is 11.7 Å². The molecular weight excluding hydrogens is 219 g/mol. The van der Waals surface area contributed by atoms with Gasteiger partial charge in [-0.2, -0.15) is 0 Å². The largest absolute Gasteiger partial charge is 0.381 e. The highest BCUT2D eigenvalue weighted by atomic mass is 19.1. The summed E-state index contributed by atoms with van der Waals surface area (Å²) >= 11 is 0. The van der Waals surface area contributed by atoms with E-state index in [2.05, 4.69) is 4.90 Å². The summed E-state index contributed by atoms with van der Waals surface area (Å²) in [5.41, 5.74) is 5.79. The molecule has 17 heavy (non-hydrogen) atoms. The van der Waals surface area contributed by atoms with Crippen LogP contribution in [-0.4, -0.2) is 49.5 Å². The molecule has 3 atom stereocenters. The van der Waals surface area contributed by atoms with E-state index in [4.69, 9.17) is 10.5 Å². The zero-order valence-electron chi connectivity index (χ0n) is 11.4. The van der Waals surface area contributed by atoms with Crippen molar-refractivity contribution in [1.82, 2.24) is 4.90 Å². The summed E-state index contributed by atoms with van der Waals surface area (Å²) in [6, 6.07) is 0.230. The van der Waals surface area contributed by atoms with Crippen molar-refractivity contribution >= 4 is 0 Å². The van der Waals surface area contributed by atoms with Gasteiger partial charge in [0.25, 0.3) is 0 Å². The molecule has 3 unspecified atom stereocenters. The van der Waals surface area contributed by atoms with Crippen LogP contribution in [0.4, 0.5) is 4.39 Å². The highest BCUT2D eigenvalue weighted by molar-refractivity contribution is 4.90. The van der Waals surface area contributed by atoms with E-state index in [-0.39, 0.29) is 13.4 Å². The molecule has 0 aromatic carbocycles. The van der Waals surface area contributed by atoms with E-state index in [0.717, 1.165) is 32.6 Å². The quantitative estimate of drug-likeness (QED) is 0.772. The molecule has 0 aromatic heterocycles. The predicted octanol–water partition coefficient (Wildman–Crippen LogP) is 2.05. The first-order valence-corrected chi connectivity index (χ1v) is 6.90. The molecule has 0 saturated carbocycles. The molecule has 2 saturated heterocycles. The molecule has 3 nitrogen and oxygen atoms in total. The minimum Gasteiger partial charge on any atom is -0.381 e. The molecule has 0 aromatic rings. The summed E-state index contributed by atoms with van der Waals surface area (Å²) < 4.78 is 19.0. The van der Waals surface area contributed by atoms with Gasteiger partial charge in [-0.15, -0.1) is 0 Å². The van der Waals surface area contributed by atoms with Gasteiger partial charge in [0.2, 0.25) is 0 Å². The fraction of sp³-hybridized carbons (Fsp3) is 1.00. The lowest BCUT2D eigenvalue weighted by Crippen LogP contribution is -2.57. The molecule has 2 N–H and O–H groups in total. The van der Waals surface area contributed by atoms with Gasteiger partial charge in [-0.25, -0.2) is 4.39 Å². The number of likely N-dealkylation sites (tertiary alicyclic amines) is 1. The fourth-order valence-electron chi connectivity index (χ4n) is 2.62. The second kappa shape index (κ2) is 7.29. The molecule has 0 bridgehead atoms. The lowest BCUT2D eigenvalue weighted by atomic mass is 9.91. The summed E-state index contributed by atoms with van der Waals surface area (Å²) in [5, 5.41) is 0. The van der Waals surface area contributed by atoms with Crippen LogP contribution in [0.2, 0.25) is 0 Å². The highest BCUT2D eigenvalue weighted by Crippen LogP contribution is 2.23. The molecule has 104 valence electrons. The minimum absolute atomic E-state index is 0. The summed E-state index contributed by atoms with van der Waals surface area (Å²) in [6.07, 6.45) is 1.21. The lowest BCUT2D eigenvalue weighted by molar-refractivity contribution is -0.00540. The number of nitrogens with two attached hydrogens (primary N) is 1. The van der Waals surface area contributed by atoms with Crippen LogP contribution in [0.1, 0.15) is 35.0 Å². The van der Waals surface area contributed by atoms with Gasteiger partial charge in [-0.1, -0.05) is 20.8 Å². The summed E-state index contributed by atoms with van der Waals surface area (Å²) in [5.74, 6) is 0.261. The third-order valence-electron chi connectivity index (χ3n) is 3.71. The third kappa shape index (κ3) is 3.90.